The van der Waals surface area contributed by atoms with Gasteiger partial charge < -0.3 is 15.2 Å². The number of ether oxygens (including phenoxy) is 1. The maximum Gasteiger partial charge on any atom is 0.250 e. The number of aryl methyl sites for hydroxylation is 1. The lowest BCUT2D eigenvalue weighted by Gasteiger charge is -2.07. The number of aliphatic hydroxyl groups excluding tert-OH is 1. The fraction of sp³-hybridized carbons (Fsp3) is 0.438. The number of rotatable bonds is 6. The number of hydrogen-bond acceptors (Lipinski definition) is 3. The third-order valence-electron chi connectivity index (χ3n) is 2.41. The maximum absolute atomic E-state index is 11.7. The molecule has 108 valence electrons. The molecule has 4 nitrogen and oxygen atoms in total. The molecule has 0 bridgehead atoms. The van der Waals surface area contributed by atoms with E-state index in [1.165, 1.54) is 0 Å². The van der Waals surface area contributed by atoms with Crippen molar-refractivity contribution in [1.29, 1.82) is 0 Å². The Bertz CT molecular complexity index is 500. The van der Waals surface area contributed by atoms with E-state index >= 15 is 0 Å². The van der Waals surface area contributed by atoms with Crippen molar-refractivity contribution in [2.45, 2.75) is 26.7 Å². The molecule has 1 aromatic carbocycles. The Morgan fingerprint density at radius 2 is 2.20 bits per heavy atom. The molecule has 2 N–H and O–H groups in total. The Morgan fingerprint density at radius 3 is 2.90 bits per heavy atom. The zero-order valence-corrected chi connectivity index (χ0v) is 12.0. The molecule has 0 fully saturated rings. The van der Waals surface area contributed by atoms with Crippen molar-refractivity contribution in [2.75, 3.05) is 25.1 Å². The number of amides is 1. The fourth-order valence-electron chi connectivity index (χ4n) is 1.65. The summed E-state index contributed by atoms with van der Waals surface area (Å²) in [5.41, 5.74) is 2.55. The van der Waals surface area contributed by atoms with Gasteiger partial charge >= 0.3 is 0 Å². The van der Waals surface area contributed by atoms with E-state index in [0.717, 1.165) is 17.5 Å². The van der Waals surface area contributed by atoms with E-state index in [1.54, 1.807) is 0 Å². The molecule has 0 aromatic heterocycles. The molecule has 0 aliphatic heterocycles. The lowest BCUT2D eigenvalue weighted by molar-refractivity contribution is -0.120. The van der Waals surface area contributed by atoms with Crippen molar-refractivity contribution >= 4 is 11.6 Å². The van der Waals surface area contributed by atoms with Gasteiger partial charge in [0.1, 0.15) is 6.61 Å². The van der Waals surface area contributed by atoms with Crippen LogP contribution in [0.1, 0.15) is 30.9 Å². The first-order valence-electron chi connectivity index (χ1n) is 6.74. The van der Waals surface area contributed by atoms with E-state index in [0.29, 0.717) is 18.7 Å². The van der Waals surface area contributed by atoms with E-state index in [-0.39, 0.29) is 19.1 Å². The Labute approximate surface area is 120 Å². The minimum Gasteiger partial charge on any atom is -0.395 e. The molecule has 0 atom stereocenters. The molecule has 1 aromatic rings. The molecule has 1 amide bonds. The standard InChI is InChI=1S/C16H21NO3/c1-3-8-20-12-16(19)17-15-10-13(2)9-14(11-15)6-4-5-7-18/h9-11,18H,3,5,7-8,12H2,1-2H3,(H,17,19). The minimum atomic E-state index is -0.168. The lowest BCUT2D eigenvalue weighted by Crippen LogP contribution is -2.18. The predicted molar refractivity (Wildman–Crippen MR) is 79.5 cm³/mol. The van der Waals surface area contributed by atoms with Gasteiger partial charge in [-0.15, -0.1) is 0 Å². The van der Waals surface area contributed by atoms with E-state index in [2.05, 4.69) is 17.2 Å². The molecule has 1 rings (SSSR count). The first-order chi connectivity index (χ1) is 9.65. The van der Waals surface area contributed by atoms with Gasteiger partial charge in [-0.1, -0.05) is 18.8 Å². The highest BCUT2D eigenvalue weighted by atomic mass is 16.5. The number of anilines is 1. The van der Waals surface area contributed by atoms with Crippen LogP contribution < -0.4 is 5.32 Å². The summed E-state index contributed by atoms with van der Waals surface area (Å²) in [6, 6.07) is 5.64. The van der Waals surface area contributed by atoms with Gasteiger partial charge in [-0.25, -0.2) is 0 Å². The van der Waals surface area contributed by atoms with Crippen LogP contribution in [-0.4, -0.2) is 30.8 Å². The Kier molecular flexibility index (Phi) is 7.41. The van der Waals surface area contributed by atoms with Gasteiger partial charge in [0.05, 0.1) is 6.61 Å². The molecule has 0 aliphatic carbocycles. The second-order valence-electron chi connectivity index (χ2n) is 4.46. The molecule has 0 unspecified atom stereocenters. The number of benzene rings is 1. The highest BCUT2D eigenvalue weighted by molar-refractivity contribution is 5.92. The number of carbonyl (C=O) groups is 1. The van der Waals surface area contributed by atoms with E-state index in [9.17, 15) is 4.79 Å². The van der Waals surface area contributed by atoms with Crippen LogP contribution in [0, 0.1) is 18.8 Å². The number of aliphatic hydroxyl groups is 1. The summed E-state index contributed by atoms with van der Waals surface area (Å²) < 4.78 is 5.19. The van der Waals surface area contributed by atoms with Gasteiger partial charge in [0, 0.05) is 24.3 Å². The van der Waals surface area contributed by atoms with Crippen LogP contribution in [0.2, 0.25) is 0 Å². The average molecular weight is 275 g/mol. The minimum absolute atomic E-state index is 0.0528. The zero-order valence-electron chi connectivity index (χ0n) is 12.0. The van der Waals surface area contributed by atoms with Crippen molar-refractivity contribution in [1.82, 2.24) is 0 Å². The highest BCUT2D eigenvalue weighted by Crippen LogP contribution is 2.14. The summed E-state index contributed by atoms with van der Waals surface area (Å²) in [5.74, 6) is 5.66. The first-order valence-corrected chi connectivity index (χ1v) is 6.74. The first kappa shape index (κ1) is 16.2. The zero-order chi connectivity index (χ0) is 14.8. The Morgan fingerprint density at radius 1 is 1.40 bits per heavy atom. The maximum atomic E-state index is 11.7. The lowest BCUT2D eigenvalue weighted by atomic mass is 10.1. The van der Waals surface area contributed by atoms with Crippen LogP contribution in [-0.2, 0) is 9.53 Å². The van der Waals surface area contributed by atoms with E-state index in [1.807, 2.05) is 32.0 Å². The molecular formula is C16H21NO3. The molecule has 20 heavy (non-hydrogen) atoms. The van der Waals surface area contributed by atoms with Crippen molar-refractivity contribution in [3.05, 3.63) is 29.3 Å². The van der Waals surface area contributed by atoms with Gasteiger partial charge in [0.25, 0.3) is 0 Å². The molecule has 0 aliphatic rings. The van der Waals surface area contributed by atoms with Gasteiger partial charge in [0.2, 0.25) is 5.91 Å². The smallest absolute Gasteiger partial charge is 0.250 e. The van der Waals surface area contributed by atoms with Crippen molar-refractivity contribution in [2.24, 2.45) is 0 Å². The SMILES string of the molecule is CCCOCC(=O)Nc1cc(C)cc(C#CCCO)c1. The van der Waals surface area contributed by atoms with Crippen molar-refractivity contribution < 1.29 is 14.6 Å². The van der Waals surface area contributed by atoms with Gasteiger partial charge in [-0.3, -0.25) is 4.79 Å². The summed E-state index contributed by atoms with van der Waals surface area (Å²) in [7, 11) is 0. The summed E-state index contributed by atoms with van der Waals surface area (Å²) in [6.07, 6.45) is 1.34. The van der Waals surface area contributed by atoms with Gasteiger partial charge in [-0.05, 0) is 37.1 Å². The summed E-state index contributed by atoms with van der Waals surface area (Å²) >= 11 is 0. The van der Waals surface area contributed by atoms with Crippen LogP contribution in [0.3, 0.4) is 0 Å². The Hall–Kier alpha value is -1.83. The largest absolute Gasteiger partial charge is 0.395 e. The Balaban J connectivity index is 2.66. The van der Waals surface area contributed by atoms with Gasteiger partial charge in [-0.2, -0.15) is 0 Å². The quantitative estimate of drug-likeness (QED) is 0.617. The molecule has 0 saturated carbocycles. The molecule has 0 saturated heterocycles. The molecular weight excluding hydrogens is 254 g/mol. The van der Waals surface area contributed by atoms with E-state index < -0.39 is 0 Å². The fourth-order valence-corrected chi connectivity index (χ4v) is 1.65. The predicted octanol–water partition coefficient (Wildman–Crippen LogP) is 2.09. The van der Waals surface area contributed by atoms with Crippen LogP contribution in [0.15, 0.2) is 18.2 Å². The van der Waals surface area contributed by atoms with Crippen LogP contribution >= 0.6 is 0 Å². The summed E-state index contributed by atoms with van der Waals surface area (Å²) in [4.78, 5) is 11.7. The third-order valence-corrected chi connectivity index (χ3v) is 2.41. The van der Waals surface area contributed by atoms with Crippen LogP contribution in [0.5, 0.6) is 0 Å². The molecule has 0 radical (unpaired) electrons. The second-order valence-corrected chi connectivity index (χ2v) is 4.46. The molecule has 0 spiro atoms. The van der Waals surface area contributed by atoms with Gasteiger partial charge in [0.15, 0.2) is 0 Å². The summed E-state index contributed by atoms with van der Waals surface area (Å²) in [6.45, 7) is 4.64. The van der Waals surface area contributed by atoms with Crippen molar-refractivity contribution in [3.63, 3.8) is 0 Å². The summed E-state index contributed by atoms with van der Waals surface area (Å²) in [5, 5.41) is 11.5. The normalized spacial score (nSPS) is 9.75. The average Bonchev–Trinajstić information content (AvgIpc) is 2.38. The number of hydrogen-bond donors (Lipinski definition) is 2. The van der Waals surface area contributed by atoms with Crippen LogP contribution in [0.4, 0.5) is 5.69 Å². The number of nitrogens with one attached hydrogen (secondary N) is 1. The van der Waals surface area contributed by atoms with Crippen LogP contribution in [0.25, 0.3) is 0 Å². The van der Waals surface area contributed by atoms with E-state index in [4.69, 9.17) is 9.84 Å². The van der Waals surface area contributed by atoms with Crippen molar-refractivity contribution in [3.8, 4) is 11.8 Å². The third kappa shape index (κ3) is 6.37. The topological polar surface area (TPSA) is 58.6 Å². The molecule has 4 heteroatoms. The monoisotopic (exact) mass is 275 g/mol. The molecule has 0 heterocycles. The second kappa shape index (κ2) is 9.13. The number of carbonyl (C=O) groups excluding carboxylic acids is 1. The highest BCUT2D eigenvalue weighted by Gasteiger charge is 2.03.